The zero-order valence-corrected chi connectivity index (χ0v) is 6.92. The molecule has 0 aliphatic carbocycles. The van der Waals surface area contributed by atoms with Gasteiger partial charge in [0.15, 0.2) is 0 Å². The largest absolute Gasteiger partial charge is 0.305 e. The number of halogens is 1. The molecule has 0 bridgehead atoms. The lowest BCUT2D eigenvalue weighted by molar-refractivity contribution is -0.387. The number of azide groups is 1. The predicted octanol–water partition coefficient (Wildman–Crippen LogP) is 2.54. The highest BCUT2D eigenvalue weighted by atomic mass is 19.1. The Balaban J connectivity index is 3.13. The van der Waals surface area contributed by atoms with Gasteiger partial charge in [-0.25, -0.2) is 0 Å². The molecular weight excluding hydrogens is 191 g/mol. The van der Waals surface area contributed by atoms with Gasteiger partial charge in [-0.3, -0.25) is 10.1 Å². The lowest BCUT2D eigenvalue weighted by Crippen LogP contribution is -1.96. The minimum atomic E-state index is -0.954. The highest BCUT2D eigenvalue weighted by molar-refractivity contribution is 5.36. The highest BCUT2D eigenvalue weighted by Crippen LogP contribution is 2.20. The van der Waals surface area contributed by atoms with Crippen LogP contribution in [0.4, 0.5) is 10.1 Å². The van der Waals surface area contributed by atoms with Crippen molar-refractivity contribution in [1.82, 2.24) is 0 Å². The Hall–Kier alpha value is -2.14. The third-order valence-electron chi connectivity index (χ3n) is 1.56. The van der Waals surface area contributed by atoms with Crippen LogP contribution in [0, 0.1) is 15.9 Å². The van der Waals surface area contributed by atoms with Gasteiger partial charge in [-0.2, -0.15) is 4.39 Å². The molecule has 0 aliphatic heterocycles. The van der Waals surface area contributed by atoms with Crippen molar-refractivity contribution < 1.29 is 9.31 Å². The number of hydrogen-bond acceptors (Lipinski definition) is 3. The fourth-order valence-corrected chi connectivity index (χ4v) is 0.937. The Labute approximate surface area is 77.7 Å². The molecule has 0 spiro atoms. The number of nitro benzene ring substituents is 1. The Kier molecular flexibility index (Phi) is 2.98. The van der Waals surface area contributed by atoms with E-state index in [1.54, 1.807) is 0 Å². The van der Waals surface area contributed by atoms with Crippen LogP contribution in [0.25, 0.3) is 10.4 Å². The molecule has 0 amide bonds. The van der Waals surface area contributed by atoms with Crippen LogP contribution in [0.3, 0.4) is 0 Å². The molecule has 7 heteroatoms. The van der Waals surface area contributed by atoms with E-state index in [2.05, 4.69) is 10.0 Å². The van der Waals surface area contributed by atoms with Gasteiger partial charge in [0.25, 0.3) is 0 Å². The first-order chi connectivity index (χ1) is 6.66. The van der Waals surface area contributed by atoms with Gasteiger partial charge >= 0.3 is 5.69 Å². The van der Waals surface area contributed by atoms with Crippen molar-refractivity contribution in [2.75, 3.05) is 0 Å². The molecule has 0 saturated heterocycles. The summed E-state index contributed by atoms with van der Waals surface area (Å²) >= 11 is 0. The summed E-state index contributed by atoms with van der Waals surface area (Å²) in [5, 5.41) is 13.4. The second-order valence-electron chi connectivity index (χ2n) is 2.40. The normalized spacial score (nSPS) is 9.21. The van der Waals surface area contributed by atoms with Crippen molar-refractivity contribution in [1.29, 1.82) is 0 Å². The molecule has 0 atom stereocenters. The van der Waals surface area contributed by atoms with Gasteiger partial charge in [-0.1, -0.05) is 17.2 Å². The van der Waals surface area contributed by atoms with Gasteiger partial charge in [-0.05, 0) is 5.53 Å². The molecule has 0 N–H and O–H groups in total. The fourth-order valence-electron chi connectivity index (χ4n) is 0.937. The maximum Gasteiger partial charge on any atom is 0.305 e. The van der Waals surface area contributed by atoms with E-state index < -0.39 is 16.4 Å². The van der Waals surface area contributed by atoms with Crippen LogP contribution >= 0.6 is 0 Å². The first kappa shape index (κ1) is 9.94. The topological polar surface area (TPSA) is 91.9 Å². The quantitative estimate of drug-likeness (QED) is 0.244. The lowest BCUT2D eigenvalue weighted by atomic mass is 10.2. The minimum Gasteiger partial charge on any atom is -0.258 e. The number of benzene rings is 1. The predicted molar refractivity (Wildman–Crippen MR) is 45.9 cm³/mol. The van der Waals surface area contributed by atoms with E-state index >= 15 is 0 Å². The number of rotatable bonds is 3. The molecule has 0 aliphatic rings. The van der Waals surface area contributed by atoms with Crippen LogP contribution in [0.5, 0.6) is 0 Å². The molecule has 1 aromatic carbocycles. The Morgan fingerprint density at radius 2 is 2.36 bits per heavy atom. The van der Waals surface area contributed by atoms with Crippen LogP contribution in [-0.4, -0.2) is 4.92 Å². The minimum absolute atomic E-state index is 0.0111. The van der Waals surface area contributed by atoms with Gasteiger partial charge in [-0.15, -0.1) is 0 Å². The van der Waals surface area contributed by atoms with Crippen molar-refractivity contribution in [3.05, 3.63) is 50.1 Å². The second kappa shape index (κ2) is 4.20. The summed E-state index contributed by atoms with van der Waals surface area (Å²) in [5.41, 5.74) is 7.39. The van der Waals surface area contributed by atoms with E-state index in [9.17, 15) is 14.5 Å². The first-order valence-electron chi connectivity index (χ1n) is 3.59. The summed E-state index contributed by atoms with van der Waals surface area (Å²) < 4.78 is 13.2. The van der Waals surface area contributed by atoms with Crippen molar-refractivity contribution in [3.63, 3.8) is 0 Å². The fraction of sp³-hybridized carbons (Fsp3) is 0.143. The molecule has 0 aromatic heterocycles. The van der Waals surface area contributed by atoms with Gasteiger partial charge in [0.2, 0.25) is 5.82 Å². The van der Waals surface area contributed by atoms with Gasteiger partial charge in [0.05, 0.1) is 11.5 Å². The molecule has 0 radical (unpaired) electrons. The Morgan fingerprint density at radius 3 is 2.93 bits per heavy atom. The van der Waals surface area contributed by atoms with Gasteiger partial charge in [0.1, 0.15) is 0 Å². The third kappa shape index (κ3) is 1.96. The van der Waals surface area contributed by atoms with Gasteiger partial charge < -0.3 is 0 Å². The monoisotopic (exact) mass is 196 g/mol. The number of nitrogens with zero attached hydrogens (tertiary/aromatic N) is 4. The van der Waals surface area contributed by atoms with E-state index in [4.69, 9.17) is 5.53 Å². The Morgan fingerprint density at radius 1 is 1.64 bits per heavy atom. The summed E-state index contributed by atoms with van der Waals surface area (Å²) in [6, 6.07) is 3.72. The SMILES string of the molecule is [N-]=[N+]=NCc1cccc([N+](=O)[O-])c1F. The molecule has 0 unspecified atom stereocenters. The van der Waals surface area contributed by atoms with Crippen LogP contribution in [0.2, 0.25) is 0 Å². The van der Waals surface area contributed by atoms with Crippen LogP contribution < -0.4 is 0 Å². The van der Waals surface area contributed by atoms with Crippen LogP contribution in [-0.2, 0) is 6.54 Å². The number of hydrogen-bond donors (Lipinski definition) is 0. The first-order valence-corrected chi connectivity index (χ1v) is 3.59. The molecular formula is C7H5FN4O2. The van der Waals surface area contributed by atoms with E-state index in [0.29, 0.717) is 0 Å². The molecule has 0 saturated carbocycles. The summed E-state index contributed by atoms with van der Waals surface area (Å²) in [4.78, 5) is 11.9. The zero-order valence-electron chi connectivity index (χ0n) is 6.92. The molecule has 72 valence electrons. The maximum atomic E-state index is 13.2. The molecule has 6 nitrogen and oxygen atoms in total. The van der Waals surface area contributed by atoms with E-state index in [1.807, 2.05) is 0 Å². The summed E-state index contributed by atoms with van der Waals surface area (Å²) in [6.07, 6.45) is 0. The van der Waals surface area contributed by atoms with Crippen molar-refractivity contribution >= 4 is 5.69 Å². The highest BCUT2D eigenvalue weighted by Gasteiger charge is 2.16. The van der Waals surface area contributed by atoms with E-state index in [-0.39, 0.29) is 12.1 Å². The summed E-state index contributed by atoms with van der Waals surface area (Å²) in [6.45, 7) is -0.232. The second-order valence-corrected chi connectivity index (χ2v) is 2.40. The Bertz CT molecular complexity index is 414. The smallest absolute Gasteiger partial charge is 0.258 e. The third-order valence-corrected chi connectivity index (χ3v) is 1.56. The standard InChI is InChI=1S/C7H5FN4O2/c8-7-5(4-10-11-9)2-1-3-6(7)12(13)14/h1-3H,4H2. The van der Waals surface area contributed by atoms with Crippen LogP contribution in [0.1, 0.15) is 5.56 Å². The summed E-state index contributed by atoms with van der Waals surface area (Å²) in [5.74, 6) is -0.954. The average molecular weight is 196 g/mol. The molecule has 14 heavy (non-hydrogen) atoms. The van der Waals surface area contributed by atoms with Gasteiger partial charge in [0, 0.05) is 16.5 Å². The molecule has 1 rings (SSSR count). The van der Waals surface area contributed by atoms with Crippen molar-refractivity contribution in [2.45, 2.75) is 6.54 Å². The molecule has 0 heterocycles. The number of nitro groups is 1. The van der Waals surface area contributed by atoms with Crippen molar-refractivity contribution in [2.24, 2.45) is 5.11 Å². The summed E-state index contributed by atoms with van der Waals surface area (Å²) in [7, 11) is 0. The van der Waals surface area contributed by atoms with Crippen molar-refractivity contribution in [3.8, 4) is 0 Å². The van der Waals surface area contributed by atoms with E-state index in [1.165, 1.54) is 12.1 Å². The molecule has 1 aromatic rings. The van der Waals surface area contributed by atoms with E-state index in [0.717, 1.165) is 6.07 Å². The lowest BCUT2D eigenvalue weighted by Gasteiger charge is -1.98. The zero-order chi connectivity index (χ0) is 10.6. The molecule has 0 fully saturated rings. The van der Waals surface area contributed by atoms with Crippen LogP contribution in [0.15, 0.2) is 23.3 Å². The average Bonchev–Trinajstić information content (AvgIpc) is 2.16. The maximum absolute atomic E-state index is 13.2.